The Morgan fingerprint density at radius 2 is 1.62 bits per heavy atom. The normalized spacial score (nSPS) is 22.4. The van der Waals surface area contributed by atoms with Gasteiger partial charge in [0.1, 0.15) is 11.7 Å². The first-order valence-electron chi connectivity index (χ1n) is 7.23. The van der Waals surface area contributed by atoms with Crippen molar-refractivity contribution >= 4 is 17.3 Å². The molecular formula is C17H20O4. The number of aromatic hydroxyl groups is 1. The van der Waals surface area contributed by atoms with Gasteiger partial charge in [-0.2, -0.15) is 0 Å². The van der Waals surface area contributed by atoms with Crippen molar-refractivity contribution in [3.05, 3.63) is 28.8 Å². The fraction of sp³-hybridized carbons (Fsp3) is 0.471. The maximum Gasteiger partial charge on any atom is 0.151 e. The predicted octanol–water partition coefficient (Wildman–Crippen LogP) is 2.62. The van der Waals surface area contributed by atoms with E-state index in [4.69, 9.17) is 0 Å². The lowest BCUT2D eigenvalue weighted by atomic mass is 9.73. The van der Waals surface area contributed by atoms with Crippen LogP contribution >= 0.6 is 0 Å². The average Bonchev–Trinajstić information content (AvgIpc) is 2.36. The van der Waals surface area contributed by atoms with Crippen LogP contribution in [0, 0.1) is 19.8 Å². The van der Waals surface area contributed by atoms with Gasteiger partial charge in [-0.3, -0.25) is 14.4 Å². The molecule has 0 amide bonds. The lowest BCUT2D eigenvalue weighted by molar-refractivity contribution is -0.142. The summed E-state index contributed by atoms with van der Waals surface area (Å²) in [5, 5.41) is 9.59. The molecule has 0 saturated heterocycles. The van der Waals surface area contributed by atoms with Gasteiger partial charge in [-0.25, -0.2) is 0 Å². The summed E-state index contributed by atoms with van der Waals surface area (Å²) in [6, 6.07) is 3.28. The Morgan fingerprint density at radius 3 is 2.05 bits per heavy atom. The predicted molar refractivity (Wildman–Crippen MR) is 78.4 cm³/mol. The first-order chi connectivity index (χ1) is 9.85. The minimum Gasteiger partial charge on any atom is -0.508 e. The summed E-state index contributed by atoms with van der Waals surface area (Å²) in [5.41, 5.74) is 2.69. The second-order valence-corrected chi connectivity index (χ2v) is 5.78. The Morgan fingerprint density at radius 1 is 1.14 bits per heavy atom. The molecule has 21 heavy (non-hydrogen) atoms. The molecule has 4 nitrogen and oxygen atoms in total. The van der Waals surface area contributed by atoms with Gasteiger partial charge in [0.2, 0.25) is 0 Å². The largest absolute Gasteiger partial charge is 0.508 e. The van der Waals surface area contributed by atoms with Crippen LogP contribution in [-0.2, 0) is 14.4 Å². The number of benzene rings is 1. The maximum absolute atomic E-state index is 12.2. The number of aryl methyl sites for hydroxylation is 2. The van der Waals surface area contributed by atoms with Crippen molar-refractivity contribution in [1.29, 1.82) is 0 Å². The molecule has 1 fully saturated rings. The Balaban J connectivity index is 2.32. The highest BCUT2D eigenvalue weighted by Crippen LogP contribution is 2.37. The van der Waals surface area contributed by atoms with Gasteiger partial charge in [-0.05, 0) is 48.6 Å². The summed E-state index contributed by atoms with van der Waals surface area (Å²) in [4.78, 5) is 36.1. The molecule has 0 unspecified atom stereocenters. The molecular weight excluding hydrogens is 268 g/mol. The van der Waals surface area contributed by atoms with Gasteiger partial charge in [-0.1, -0.05) is 6.92 Å². The molecule has 112 valence electrons. The van der Waals surface area contributed by atoms with Gasteiger partial charge in [0.05, 0.1) is 0 Å². The highest BCUT2D eigenvalue weighted by atomic mass is 16.3. The quantitative estimate of drug-likeness (QED) is 0.868. The smallest absolute Gasteiger partial charge is 0.151 e. The van der Waals surface area contributed by atoms with E-state index in [2.05, 4.69) is 0 Å². The molecule has 4 heteroatoms. The van der Waals surface area contributed by atoms with E-state index in [-0.39, 0.29) is 48.3 Å². The van der Waals surface area contributed by atoms with Crippen molar-refractivity contribution < 1.29 is 19.5 Å². The number of hydrogen-bond donors (Lipinski definition) is 1. The van der Waals surface area contributed by atoms with Crippen LogP contribution in [0.3, 0.4) is 0 Å². The van der Waals surface area contributed by atoms with Gasteiger partial charge in [0, 0.05) is 19.3 Å². The van der Waals surface area contributed by atoms with Gasteiger partial charge in [-0.15, -0.1) is 0 Å². The fourth-order valence-electron chi connectivity index (χ4n) is 3.34. The lowest BCUT2D eigenvalue weighted by Gasteiger charge is -2.28. The Kier molecular flexibility index (Phi) is 4.26. The Labute approximate surface area is 124 Å². The summed E-state index contributed by atoms with van der Waals surface area (Å²) in [7, 11) is 0. The van der Waals surface area contributed by atoms with Crippen molar-refractivity contribution in [3.8, 4) is 5.75 Å². The average molecular weight is 288 g/mol. The molecule has 1 N–H and O–H groups in total. The van der Waals surface area contributed by atoms with Crippen LogP contribution in [0.1, 0.15) is 48.8 Å². The van der Waals surface area contributed by atoms with Crippen LogP contribution in [0.5, 0.6) is 5.75 Å². The van der Waals surface area contributed by atoms with Crippen LogP contribution in [0.2, 0.25) is 0 Å². The SMILES string of the molecule is CCC(=O)C1C(=O)CC(c2c(C)cc(O)cc2C)CC1=O. The summed E-state index contributed by atoms with van der Waals surface area (Å²) < 4.78 is 0. The number of rotatable bonds is 3. The van der Waals surface area contributed by atoms with Crippen molar-refractivity contribution in [1.82, 2.24) is 0 Å². The van der Waals surface area contributed by atoms with Crippen LogP contribution in [-0.4, -0.2) is 22.5 Å². The maximum atomic E-state index is 12.2. The minimum atomic E-state index is -1.05. The molecule has 0 heterocycles. The van der Waals surface area contributed by atoms with Gasteiger partial charge in [0.15, 0.2) is 17.3 Å². The second-order valence-electron chi connectivity index (χ2n) is 5.78. The highest BCUT2D eigenvalue weighted by Gasteiger charge is 2.40. The van der Waals surface area contributed by atoms with Gasteiger partial charge in [0.25, 0.3) is 0 Å². The zero-order chi connectivity index (χ0) is 15.7. The number of ketones is 3. The molecule has 0 radical (unpaired) electrons. The zero-order valence-electron chi connectivity index (χ0n) is 12.6. The molecule has 1 aromatic rings. The van der Waals surface area contributed by atoms with Crippen molar-refractivity contribution in [2.24, 2.45) is 5.92 Å². The summed E-state index contributed by atoms with van der Waals surface area (Å²) in [5.74, 6) is -1.87. The Hall–Kier alpha value is -1.97. The van der Waals surface area contributed by atoms with E-state index < -0.39 is 5.92 Å². The molecule has 0 aromatic heterocycles. The first kappa shape index (κ1) is 15.4. The summed E-state index contributed by atoms with van der Waals surface area (Å²) in [6.07, 6.45) is 0.646. The Bertz CT molecular complexity index is 574. The number of phenolic OH excluding ortho intramolecular Hbond substituents is 1. The zero-order valence-corrected chi connectivity index (χ0v) is 12.6. The van der Waals surface area contributed by atoms with Gasteiger partial charge < -0.3 is 5.11 Å². The molecule has 1 saturated carbocycles. The van der Waals surface area contributed by atoms with Crippen molar-refractivity contribution in [2.45, 2.75) is 46.0 Å². The van der Waals surface area contributed by atoms with Crippen LogP contribution < -0.4 is 0 Å². The van der Waals surface area contributed by atoms with E-state index in [1.54, 1.807) is 19.1 Å². The molecule has 1 aromatic carbocycles. The summed E-state index contributed by atoms with van der Waals surface area (Å²) >= 11 is 0. The molecule has 0 spiro atoms. The third-order valence-corrected chi connectivity index (χ3v) is 4.20. The molecule has 1 aliphatic rings. The number of Topliss-reactive ketones (excluding diaryl/α,β-unsaturated/α-hetero) is 3. The number of carbonyl (C=O) groups excluding carboxylic acids is 3. The number of phenols is 1. The number of hydrogen-bond acceptors (Lipinski definition) is 4. The monoisotopic (exact) mass is 288 g/mol. The van der Waals surface area contributed by atoms with Crippen molar-refractivity contribution in [3.63, 3.8) is 0 Å². The van der Waals surface area contributed by atoms with Gasteiger partial charge >= 0.3 is 0 Å². The standard InChI is InChI=1S/C17H20O4/c1-4-13(19)17-14(20)7-11(8-15(17)21)16-9(2)5-12(18)6-10(16)3/h5-6,11,17-18H,4,7-8H2,1-3H3. The molecule has 0 atom stereocenters. The van der Waals surface area contributed by atoms with E-state index in [1.165, 1.54) is 0 Å². The van der Waals surface area contributed by atoms with E-state index in [1.807, 2.05) is 13.8 Å². The number of carbonyl (C=O) groups is 3. The highest BCUT2D eigenvalue weighted by molar-refractivity contribution is 6.20. The first-order valence-corrected chi connectivity index (χ1v) is 7.23. The van der Waals surface area contributed by atoms with E-state index in [9.17, 15) is 19.5 Å². The van der Waals surface area contributed by atoms with Crippen LogP contribution in [0.15, 0.2) is 12.1 Å². The molecule has 0 aliphatic heterocycles. The van der Waals surface area contributed by atoms with Crippen LogP contribution in [0.25, 0.3) is 0 Å². The van der Waals surface area contributed by atoms with Crippen LogP contribution in [0.4, 0.5) is 0 Å². The van der Waals surface area contributed by atoms with Crippen molar-refractivity contribution in [2.75, 3.05) is 0 Å². The van der Waals surface area contributed by atoms with E-state index in [0.717, 1.165) is 16.7 Å². The fourth-order valence-corrected chi connectivity index (χ4v) is 3.34. The summed E-state index contributed by atoms with van der Waals surface area (Å²) in [6.45, 7) is 5.39. The topological polar surface area (TPSA) is 71.4 Å². The molecule has 0 bridgehead atoms. The van der Waals surface area contributed by atoms with E-state index in [0.29, 0.717) is 0 Å². The van der Waals surface area contributed by atoms with E-state index >= 15 is 0 Å². The minimum absolute atomic E-state index is 0.182. The third-order valence-electron chi connectivity index (χ3n) is 4.20. The second kappa shape index (κ2) is 5.80. The molecule has 2 rings (SSSR count). The third kappa shape index (κ3) is 2.89. The molecule has 1 aliphatic carbocycles. The lowest BCUT2D eigenvalue weighted by Crippen LogP contribution is -2.38.